The van der Waals surface area contributed by atoms with Crippen molar-refractivity contribution in [3.05, 3.63) is 59.4 Å². The van der Waals surface area contributed by atoms with Crippen LogP contribution in [0.2, 0.25) is 0 Å². The summed E-state index contributed by atoms with van der Waals surface area (Å²) in [5, 5.41) is 6.21. The third kappa shape index (κ3) is 5.74. The van der Waals surface area contributed by atoms with Gasteiger partial charge in [0, 0.05) is 13.1 Å². The molecule has 0 saturated heterocycles. The maximum absolute atomic E-state index is 12.1. The summed E-state index contributed by atoms with van der Waals surface area (Å²) in [5.74, 6) is 0.516. The molecule has 0 fully saturated rings. The van der Waals surface area contributed by atoms with E-state index in [4.69, 9.17) is 0 Å². The van der Waals surface area contributed by atoms with Crippen LogP contribution in [0, 0.1) is 12.8 Å². The maximum Gasteiger partial charge on any atom is 0.270 e. The van der Waals surface area contributed by atoms with E-state index >= 15 is 0 Å². The molecule has 0 atom stereocenters. The minimum Gasteiger partial charge on any atom is -0.384 e. The van der Waals surface area contributed by atoms with Crippen molar-refractivity contribution >= 4 is 11.6 Å². The molecule has 0 saturated carbocycles. The van der Waals surface area contributed by atoms with E-state index in [1.54, 1.807) is 12.3 Å². The molecule has 23 heavy (non-hydrogen) atoms. The number of carbonyl (C=O) groups excluding carboxylic acids is 1. The zero-order valence-corrected chi connectivity index (χ0v) is 14.1. The molecule has 0 bridgehead atoms. The molecule has 0 radical (unpaired) electrons. The predicted octanol–water partition coefficient (Wildman–Crippen LogP) is 3.78. The van der Waals surface area contributed by atoms with E-state index in [1.807, 2.05) is 31.2 Å². The van der Waals surface area contributed by atoms with Gasteiger partial charge in [-0.2, -0.15) is 0 Å². The average Bonchev–Trinajstić information content (AvgIpc) is 2.53. The van der Waals surface area contributed by atoms with E-state index in [-0.39, 0.29) is 5.91 Å². The number of benzene rings is 1. The fourth-order valence-corrected chi connectivity index (χ4v) is 2.23. The van der Waals surface area contributed by atoms with Gasteiger partial charge in [-0.1, -0.05) is 43.7 Å². The van der Waals surface area contributed by atoms with E-state index in [1.165, 1.54) is 5.56 Å². The largest absolute Gasteiger partial charge is 0.384 e. The van der Waals surface area contributed by atoms with Crippen LogP contribution in [-0.4, -0.2) is 17.4 Å². The molecule has 0 aliphatic heterocycles. The van der Waals surface area contributed by atoms with Crippen LogP contribution in [0.1, 0.15) is 41.9 Å². The number of amides is 1. The summed E-state index contributed by atoms with van der Waals surface area (Å²) < 4.78 is 0. The third-order valence-corrected chi connectivity index (χ3v) is 3.58. The summed E-state index contributed by atoms with van der Waals surface area (Å²) >= 11 is 0. The van der Waals surface area contributed by atoms with Gasteiger partial charge in [-0.25, -0.2) is 4.98 Å². The molecule has 0 unspecified atom stereocenters. The van der Waals surface area contributed by atoms with Crippen molar-refractivity contribution < 1.29 is 4.79 Å². The molecule has 2 rings (SSSR count). The molecular formula is C19H25N3O. The van der Waals surface area contributed by atoms with Gasteiger partial charge in [0.15, 0.2) is 0 Å². The molecule has 2 N–H and O–H groups in total. The molecule has 2 aromatic rings. The minimum atomic E-state index is -0.153. The number of aryl methyl sites for hydroxylation is 1. The second-order valence-electron chi connectivity index (χ2n) is 6.21. The quantitative estimate of drug-likeness (QED) is 0.818. The van der Waals surface area contributed by atoms with Crippen molar-refractivity contribution in [1.82, 2.24) is 10.3 Å². The monoisotopic (exact) mass is 311 g/mol. The van der Waals surface area contributed by atoms with Gasteiger partial charge in [-0.05, 0) is 37.0 Å². The minimum absolute atomic E-state index is 0.153. The molecule has 0 aliphatic carbocycles. The van der Waals surface area contributed by atoms with Crippen molar-refractivity contribution in [3.8, 4) is 0 Å². The van der Waals surface area contributed by atoms with Crippen molar-refractivity contribution in [2.24, 2.45) is 5.92 Å². The Morgan fingerprint density at radius 3 is 2.70 bits per heavy atom. The third-order valence-electron chi connectivity index (χ3n) is 3.58. The van der Waals surface area contributed by atoms with Crippen LogP contribution in [0.5, 0.6) is 0 Å². The molecule has 1 aromatic heterocycles. The summed E-state index contributed by atoms with van der Waals surface area (Å²) in [6.07, 6.45) is 2.82. The van der Waals surface area contributed by atoms with Crippen LogP contribution < -0.4 is 10.6 Å². The standard InChI is InChI=1S/C19H25N3O/c1-14(2)9-10-20-17-7-8-18(21-13-17)19(23)22-12-16-6-4-5-15(3)11-16/h4-8,11,13-14,20H,9-10,12H2,1-3H3,(H,22,23). The first-order chi connectivity index (χ1) is 11.0. The fraction of sp³-hybridized carbons (Fsp3) is 0.368. The summed E-state index contributed by atoms with van der Waals surface area (Å²) in [6, 6.07) is 11.8. The van der Waals surface area contributed by atoms with Crippen LogP contribution in [0.4, 0.5) is 5.69 Å². The maximum atomic E-state index is 12.1. The second kappa shape index (κ2) is 8.32. The van der Waals surface area contributed by atoms with Crippen molar-refractivity contribution in [2.45, 2.75) is 33.7 Å². The summed E-state index contributed by atoms with van der Waals surface area (Å²) in [5.41, 5.74) is 3.66. The lowest BCUT2D eigenvalue weighted by Crippen LogP contribution is -2.23. The van der Waals surface area contributed by atoms with Gasteiger partial charge in [-0.3, -0.25) is 4.79 Å². The Labute approximate surface area is 138 Å². The van der Waals surface area contributed by atoms with Crippen LogP contribution in [-0.2, 0) is 6.54 Å². The molecular weight excluding hydrogens is 286 g/mol. The van der Waals surface area contributed by atoms with Gasteiger partial charge in [0.25, 0.3) is 5.91 Å². The predicted molar refractivity (Wildman–Crippen MR) is 94.5 cm³/mol. The van der Waals surface area contributed by atoms with Gasteiger partial charge in [0.2, 0.25) is 0 Å². The molecule has 122 valence electrons. The Kier molecular flexibility index (Phi) is 6.15. The molecule has 0 aliphatic rings. The highest BCUT2D eigenvalue weighted by Crippen LogP contribution is 2.08. The molecule has 4 heteroatoms. The zero-order valence-electron chi connectivity index (χ0n) is 14.1. The highest BCUT2D eigenvalue weighted by molar-refractivity contribution is 5.92. The number of hydrogen-bond donors (Lipinski definition) is 2. The SMILES string of the molecule is Cc1cccc(CNC(=O)c2ccc(NCCC(C)C)cn2)c1. The first-order valence-corrected chi connectivity index (χ1v) is 8.08. The van der Waals surface area contributed by atoms with Crippen LogP contribution in [0.3, 0.4) is 0 Å². The van der Waals surface area contributed by atoms with Gasteiger partial charge in [-0.15, -0.1) is 0 Å². The van der Waals surface area contributed by atoms with Crippen molar-refractivity contribution in [3.63, 3.8) is 0 Å². The second-order valence-corrected chi connectivity index (χ2v) is 6.21. The molecule has 1 amide bonds. The molecule has 1 aromatic carbocycles. The number of rotatable bonds is 7. The molecule has 0 spiro atoms. The van der Waals surface area contributed by atoms with E-state index in [2.05, 4.69) is 35.5 Å². The van der Waals surface area contributed by atoms with Crippen LogP contribution >= 0.6 is 0 Å². The Morgan fingerprint density at radius 1 is 1.22 bits per heavy atom. The fourth-order valence-electron chi connectivity index (χ4n) is 2.23. The highest BCUT2D eigenvalue weighted by Gasteiger charge is 2.07. The Hall–Kier alpha value is -2.36. The van der Waals surface area contributed by atoms with E-state index in [0.29, 0.717) is 18.2 Å². The van der Waals surface area contributed by atoms with E-state index in [9.17, 15) is 4.79 Å². The Balaban J connectivity index is 1.85. The first kappa shape index (κ1) is 17.0. The lowest BCUT2D eigenvalue weighted by molar-refractivity contribution is 0.0946. The van der Waals surface area contributed by atoms with E-state index < -0.39 is 0 Å². The smallest absolute Gasteiger partial charge is 0.270 e. The number of nitrogens with one attached hydrogen (secondary N) is 2. The summed E-state index contributed by atoms with van der Waals surface area (Å²) in [4.78, 5) is 16.4. The number of pyridine rings is 1. The first-order valence-electron chi connectivity index (χ1n) is 8.08. The van der Waals surface area contributed by atoms with Crippen molar-refractivity contribution in [2.75, 3.05) is 11.9 Å². The number of anilines is 1. The highest BCUT2D eigenvalue weighted by atomic mass is 16.1. The number of hydrogen-bond acceptors (Lipinski definition) is 3. The molecule has 4 nitrogen and oxygen atoms in total. The Bertz CT molecular complexity index is 635. The van der Waals surface area contributed by atoms with Gasteiger partial charge >= 0.3 is 0 Å². The average molecular weight is 311 g/mol. The van der Waals surface area contributed by atoms with Gasteiger partial charge in [0.05, 0.1) is 11.9 Å². The lowest BCUT2D eigenvalue weighted by Gasteiger charge is -2.09. The normalized spacial score (nSPS) is 10.6. The van der Waals surface area contributed by atoms with Crippen LogP contribution in [0.25, 0.3) is 0 Å². The summed E-state index contributed by atoms with van der Waals surface area (Å²) in [6.45, 7) is 7.86. The number of nitrogens with zero attached hydrogens (tertiary/aromatic N) is 1. The topological polar surface area (TPSA) is 54.0 Å². The zero-order chi connectivity index (χ0) is 16.7. The van der Waals surface area contributed by atoms with Crippen LogP contribution in [0.15, 0.2) is 42.6 Å². The number of carbonyl (C=O) groups is 1. The van der Waals surface area contributed by atoms with Crippen molar-refractivity contribution in [1.29, 1.82) is 0 Å². The van der Waals surface area contributed by atoms with Gasteiger partial charge in [0.1, 0.15) is 5.69 Å². The Morgan fingerprint density at radius 2 is 2.04 bits per heavy atom. The van der Waals surface area contributed by atoms with E-state index in [0.717, 1.165) is 24.2 Å². The lowest BCUT2D eigenvalue weighted by atomic mass is 10.1. The number of aromatic nitrogens is 1. The van der Waals surface area contributed by atoms with Gasteiger partial charge < -0.3 is 10.6 Å². The molecule has 1 heterocycles. The summed E-state index contributed by atoms with van der Waals surface area (Å²) in [7, 11) is 0.